The van der Waals surface area contributed by atoms with Crippen molar-refractivity contribution >= 4 is 28.8 Å². The fourth-order valence-corrected chi connectivity index (χ4v) is 1.90. The molecule has 0 radical (unpaired) electrons. The van der Waals surface area contributed by atoms with Crippen LogP contribution in [0.3, 0.4) is 0 Å². The molecular weight excluding hydrogens is 266 g/mol. The van der Waals surface area contributed by atoms with Crippen LogP contribution in [0.2, 0.25) is 0 Å². The van der Waals surface area contributed by atoms with Gasteiger partial charge in [0.2, 0.25) is 5.91 Å². The van der Waals surface area contributed by atoms with E-state index >= 15 is 0 Å². The van der Waals surface area contributed by atoms with E-state index in [1.54, 1.807) is 6.08 Å². The minimum Gasteiger partial charge on any atom is -0.385 e. The molecule has 0 saturated carbocycles. The Morgan fingerprint density at radius 1 is 1.19 bits per heavy atom. The lowest BCUT2D eigenvalue weighted by atomic mass is 10.1. The Bertz CT molecular complexity index is 640. The van der Waals surface area contributed by atoms with Gasteiger partial charge in [0, 0.05) is 25.2 Å². The molecule has 1 aromatic rings. The SMILES string of the molecule is CCNc1ccc(N=C2C=CC(=O)C=C2NC(C)=O)cc1. The minimum absolute atomic E-state index is 0.166. The molecule has 0 saturated heterocycles. The lowest BCUT2D eigenvalue weighted by Crippen LogP contribution is -2.26. The fraction of sp³-hybridized carbons (Fsp3) is 0.188. The summed E-state index contributed by atoms with van der Waals surface area (Å²) in [5.74, 6) is -0.403. The maximum absolute atomic E-state index is 11.4. The molecule has 0 atom stereocenters. The first-order chi connectivity index (χ1) is 10.1. The molecule has 5 heteroatoms. The molecule has 1 aliphatic rings. The van der Waals surface area contributed by atoms with Gasteiger partial charge in [0.05, 0.1) is 17.1 Å². The molecule has 1 amide bonds. The van der Waals surface area contributed by atoms with Crippen molar-refractivity contribution in [2.75, 3.05) is 11.9 Å². The quantitative estimate of drug-likeness (QED) is 0.833. The van der Waals surface area contributed by atoms with Gasteiger partial charge in [0.15, 0.2) is 5.78 Å². The molecule has 1 aliphatic carbocycles. The van der Waals surface area contributed by atoms with Gasteiger partial charge in [0.1, 0.15) is 0 Å². The van der Waals surface area contributed by atoms with E-state index in [-0.39, 0.29) is 11.7 Å². The number of hydrogen-bond donors (Lipinski definition) is 2. The Morgan fingerprint density at radius 3 is 2.52 bits per heavy atom. The van der Waals surface area contributed by atoms with Crippen LogP contribution in [0.1, 0.15) is 13.8 Å². The van der Waals surface area contributed by atoms with Gasteiger partial charge in [-0.2, -0.15) is 0 Å². The van der Waals surface area contributed by atoms with E-state index in [9.17, 15) is 9.59 Å². The number of amides is 1. The fourth-order valence-electron chi connectivity index (χ4n) is 1.90. The van der Waals surface area contributed by atoms with Crippen molar-refractivity contribution in [3.63, 3.8) is 0 Å². The van der Waals surface area contributed by atoms with E-state index in [4.69, 9.17) is 0 Å². The zero-order valence-electron chi connectivity index (χ0n) is 12.0. The Morgan fingerprint density at radius 2 is 1.90 bits per heavy atom. The van der Waals surface area contributed by atoms with Crippen LogP contribution >= 0.6 is 0 Å². The number of carbonyl (C=O) groups excluding carboxylic acids is 2. The molecule has 5 nitrogen and oxygen atoms in total. The number of hydrogen-bond acceptors (Lipinski definition) is 4. The number of nitrogens with zero attached hydrogens (tertiary/aromatic N) is 1. The van der Waals surface area contributed by atoms with E-state index < -0.39 is 0 Å². The average Bonchev–Trinajstić information content (AvgIpc) is 2.43. The summed E-state index contributed by atoms with van der Waals surface area (Å²) in [6.07, 6.45) is 4.40. The third-order valence-electron chi connectivity index (χ3n) is 2.78. The number of carbonyl (C=O) groups is 2. The van der Waals surface area contributed by atoms with E-state index in [1.807, 2.05) is 31.2 Å². The van der Waals surface area contributed by atoms with Crippen LogP contribution in [0.15, 0.2) is 53.2 Å². The van der Waals surface area contributed by atoms with Crippen molar-refractivity contribution < 1.29 is 9.59 Å². The first-order valence-corrected chi connectivity index (χ1v) is 6.73. The number of ketones is 1. The molecule has 0 fully saturated rings. The van der Waals surface area contributed by atoms with Gasteiger partial charge in [-0.1, -0.05) is 0 Å². The summed E-state index contributed by atoms with van der Waals surface area (Å²) in [4.78, 5) is 27.0. The van der Waals surface area contributed by atoms with E-state index in [1.165, 1.54) is 19.1 Å². The van der Waals surface area contributed by atoms with Crippen LogP contribution in [0, 0.1) is 0 Å². The van der Waals surface area contributed by atoms with Gasteiger partial charge in [0.25, 0.3) is 0 Å². The third kappa shape index (κ3) is 4.14. The second-order valence-electron chi connectivity index (χ2n) is 4.55. The Kier molecular flexibility index (Phi) is 4.66. The molecule has 21 heavy (non-hydrogen) atoms. The number of anilines is 1. The standard InChI is InChI=1S/C16H17N3O2/c1-3-17-12-4-6-13(7-5-12)19-15-9-8-14(21)10-16(15)18-11(2)20/h4-10,17H,3H2,1-2H3,(H,18,20). The van der Waals surface area contributed by atoms with Gasteiger partial charge >= 0.3 is 0 Å². The lowest BCUT2D eigenvalue weighted by Gasteiger charge is -2.11. The molecule has 108 valence electrons. The van der Waals surface area contributed by atoms with Crippen molar-refractivity contribution in [2.45, 2.75) is 13.8 Å². The number of benzene rings is 1. The summed E-state index contributed by atoms with van der Waals surface area (Å²) in [6, 6.07) is 7.62. The summed E-state index contributed by atoms with van der Waals surface area (Å²) >= 11 is 0. The highest BCUT2D eigenvalue weighted by atomic mass is 16.1. The smallest absolute Gasteiger partial charge is 0.221 e. The zero-order valence-corrected chi connectivity index (χ0v) is 12.0. The normalized spacial score (nSPS) is 15.8. The van der Waals surface area contributed by atoms with E-state index in [0.29, 0.717) is 11.4 Å². The van der Waals surface area contributed by atoms with Crippen LogP contribution < -0.4 is 10.6 Å². The number of nitrogens with one attached hydrogen (secondary N) is 2. The Balaban J connectivity index is 2.25. The topological polar surface area (TPSA) is 70.6 Å². The van der Waals surface area contributed by atoms with Crippen LogP contribution in [0.25, 0.3) is 0 Å². The summed E-state index contributed by atoms with van der Waals surface area (Å²) in [6.45, 7) is 4.28. The first kappa shape index (κ1) is 14.7. The summed E-state index contributed by atoms with van der Waals surface area (Å²) in [5.41, 5.74) is 2.75. The molecule has 2 rings (SSSR count). The highest BCUT2D eigenvalue weighted by Gasteiger charge is 2.12. The molecule has 0 heterocycles. The molecule has 1 aromatic carbocycles. The maximum atomic E-state index is 11.4. The monoisotopic (exact) mass is 283 g/mol. The Labute approximate surface area is 123 Å². The second kappa shape index (κ2) is 6.65. The number of allylic oxidation sites excluding steroid dienone is 3. The van der Waals surface area contributed by atoms with Gasteiger partial charge in [-0.3, -0.25) is 9.59 Å². The van der Waals surface area contributed by atoms with Crippen molar-refractivity contribution in [3.8, 4) is 0 Å². The predicted octanol–water partition coefficient (Wildman–Crippen LogP) is 2.35. The van der Waals surface area contributed by atoms with E-state index in [0.717, 1.165) is 17.9 Å². The van der Waals surface area contributed by atoms with Crippen molar-refractivity contribution in [3.05, 3.63) is 48.2 Å². The number of aliphatic imine (C=N–C) groups is 1. The lowest BCUT2D eigenvalue weighted by molar-refractivity contribution is -0.118. The highest BCUT2D eigenvalue weighted by Crippen LogP contribution is 2.18. The van der Waals surface area contributed by atoms with Gasteiger partial charge in [-0.15, -0.1) is 0 Å². The zero-order chi connectivity index (χ0) is 15.2. The molecule has 2 N–H and O–H groups in total. The van der Waals surface area contributed by atoms with Crippen molar-refractivity contribution in [1.82, 2.24) is 5.32 Å². The van der Waals surface area contributed by atoms with Gasteiger partial charge in [-0.05, 0) is 43.3 Å². The first-order valence-electron chi connectivity index (χ1n) is 6.73. The van der Waals surface area contributed by atoms with Crippen molar-refractivity contribution in [1.29, 1.82) is 0 Å². The van der Waals surface area contributed by atoms with Crippen LogP contribution in [0.4, 0.5) is 11.4 Å². The second-order valence-corrected chi connectivity index (χ2v) is 4.55. The third-order valence-corrected chi connectivity index (χ3v) is 2.78. The molecule has 0 aromatic heterocycles. The minimum atomic E-state index is -0.237. The van der Waals surface area contributed by atoms with Crippen LogP contribution in [-0.2, 0) is 9.59 Å². The molecule has 0 unspecified atom stereocenters. The largest absolute Gasteiger partial charge is 0.385 e. The maximum Gasteiger partial charge on any atom is 0.221 e. The molecule has 0 spiro atoms. The molecule has 0 aliphatic heterocycles. The van der Waals surface area contributed by atoms with Gasteiger partial charge in [-0.25, -0.2) is 4.99 Å². The summed E-state index contributed by atoms with van der Waals surface area (Å²) in [7, 11) is 0. The van der Waals surface area contributed by atoms with E-state index in [2.05, 4.69) is 15.6 Å². The summed E-state index contributed by atoms with van der Waals surface area (Å²) < 4.78 is 0. The average molecular weight is 283 g/mol. The van der Waals surface area contributed by atoms with Gasteiger partial charge < -0.3 is 10.6 Å². The summed E-state index contributed by atoms with van der Waals surface area (Å²) in [5, 5.41) is 5.82. The Hall–Kier alpha value is -2.69. The van der Waals surface area contributed by atoms with Crippen LogP contribution in [0.5, 0.6) is 0 Å². The van der Waals surface area contributed by atoms with Crippen LogP contribution in [-0.4, -0.2) is 23.9 Å². The number of rotatable bonds is 4. The van der Waals surface area contributed by atoms with Crippen molar-refractivity contribution in [2.24, 2.45) is 4.99 Å². The molecular formula is C16H17N3O2. The molecule has 0 bridgehead atoms. The highest BCUT2D eigenvalue weighted by molar-refractivity contribution is 6.21. The predicted molar refractivity (Wildman–Crippen MR) is 83.7 cm³/mol.